The quantitative estimate of drug-likeness (QED) is 0.415. The molecule has 1 saturated carbocycles. The number of terminal acetylenes is 1. The third kappa shape index (κ3) is 8.12. The minimum atomic E-state index is -0.804. The zero-order valence-corrected chi connectivity index (χ0v) is 20.4. The van der Waals surface area contributed by atoms with Crippen LogP contribution >= 0.6 is 0 Å². The van der Waals surface area contributed by atoms with Gasteiger partial charge in [-0.15, -0.1) is 6.42 Å². The number of carbonyl (C=O) groups excluding carboxylic acids is 3. The summed E-state index contributed by atoms with van der Waals surface area (Å²) in [5.41, 5.74) is 0.717. The molecule has 0 heterocycles. The van der Waals surface area contributed by atoms with Gasteiger partial charge in [-0.05, 0) is 57.2 Å². The summed E-state index contributed by atoms with van der Waals surface area (Å²) in [5, 5.41) is 5.52. The number of carbonyl (C=O) groups is 3. The average Bonchev–Trinajstić information content (AvgIpc) is 3.47. The molecule has 1 aliphatic carbocycles. The molecule has 0 aliphatic heterocycles. The molecule has 0 bridgehead atoms. The first-order chi connectivity index (χ1) is 15.6. The first kappa shape index (κ1) is 26.2. The van der Waals surface area contributed by atoms with Gasteiger partial charge in [0.05, 0.1) is 0 Å². The number of ether oxygens (including phenoxy) is 1. The molecule has 3 unspecified atom stereocenters. The second-order valence-electron chi connectivity index (χ2n) is 9.60. The third-order valence-corrected chi connectivity index (χ3v) is 5.49. The highest BCUT2D eigenvalue weighted by molar-refractivity contribution is 5.91. The van der Waals surface area contributed by atoms with Crippen LogP contribution in [-0.2, 0) is 14.3 Å². The van der Waals surface area contributed by atoms with Crippen LogP contribution in [0.4, 0.5) is 4.79 Å². The number of hydrogen-bond acceptors (Lipinski definition) is 4. The van der Waals surface area contributed by atoms with Crippen molar-refractivity contribution in [3.63, 3.8) is 0 Å². The maximum absolute atomic E-state index is 13.3. The van der Waals surface area contributed by atoms with Crippen LogP contribution in [0, 0.1) is 18.3 Å². The van der Waals surface area contributed by atoms with Crippen molar-refractivity contribution < 1.29 is 19.1 Å². The summed E-state index contributed by atoms with van der Waals surface area (Å²) in [6.45, 7) is 9.71. The lowest BCUT2D eigenvalue weighted by atomic mass is 10.0. The van der Waals surface area contributed by atoms with Crippen LogP contribution in [0.1, 0.15) is 77.5 Å². The molecule has 1 aromatic rings. The standard InChI is InChI=1S/C26H37N3O4/c1-7-9-10-15-27-24(31)23(20-13-11-19(8-2)12-14-20)29(21-16-18(21)3)22(30)17-28-25(32)33-26(4,5)6/h2,11-14,18,21,23H,7,9-10,15-17H2,1,3-6H3,(H,27,31)(H,28,32). The highest BCUT2D eigenvalue weighted by atomic mass is 16.6. The molecular weight excluding hydrogens is 418 g/mol. The average molecular weight is 456 g/mol. The van der Waals surface area contributed by atoms with E-state index in [4.69, 9.17) is 11.2 Å². The van der Waals surface area contributed by atoms with Gasteiger partial charge < -0.3 is 20.3 Å². The van der Waals surface area contributed by atoms with Crippen molar-refractivity contribution in [3.8, 4) is 12.3 Å². The van der Waals surface area contributed by atoms with Crippen molar-refractivity contribution >= 4 is 17.9 Å². The minimum absolute atomic E-state index is 0.0726. The first-order valence-electron chi connectivity index (χ1n) is 11.7. The number of amides is 3. The predicted molar refractivity (Wildman–Crippen MR) is 128 cm³/mol. The zero-order valence-electron chi connectivity index (χ0n) is 20.4. The van der Waals surface area contributed by atoms with Crippen molar-refractivity contribution in [2.24, 2.45) is 5.92 Å². The van der Waals surface area contributed by atoms with Crippen LogP contribution < -0.4 is 10.6 Å². The molecule has 180 valence electrons. The van der Waals surface area contributed by atoms with Gasteiger partial charge in [0.2, 0.25) is 11.8 Å². The topological polar surface area (TPSA) is 87.7 Å². The molecule has 0 aromatic heterocycles. The Hall–Kier alpha value is -3.01. The van der Waals surface area contributed by atoms with Crippen molar-refractivity contribution in [1.29, 1.82) is 0 Å². The van der Waals surface area contributed by atoms with Crippen molar-refractivity contribution in [2.45, 2.75) is 78.0 Å². The van der Waals surface area contributed by atoms with Crippen LogP contribution in [0.15, 0.2) is 24.3 Å². The molecule has 0 saturated heterocycles. The van der Waals surface area contributed by atoms with E-state index in [-0.39, 0.29) is 30.3 Å². The van der Waals surface area contributed by atoms with Gasteiger partial charge in [-0.25, -0.2) is 4.79 Å². The van der Waals surface area contributed by atoms with Gasteiger partial charge in [0.1, 0.15) is 18.2 Å². The first-order valence-corrected chi connectivity index (χ1v) is 11.7. The molecular formula is C26H37N3O4. The second-order valence-corrected chi connectivity index (χ2v) is 9.60. The molecule has 0 spiro atoms. The van der Waals surface area contributed by atoms with Gasteiger partial charge in [-0.2, -0.15) is 0 Å². The maximum atomic E-state index is 13.3. The largest absolute Gasteiger partial charge is 0.444 e. The van der Waals surface area contributed by atoms with Crippen molar-refractivity contribution in [1.82, 2.24) is 15.5 Å². The normalized spacial score (nSPS) is 17.9. The zero-order chi connectivity index (χ0) is 24.6. The Kier molecular flexibility index (Phi) is 9.33. The van der Waals surface area contributed by atoms with Crippen molar-refractivity contribution in [3.05, 3.63) is 35.4 Å². The number of unbranched alkanes of at least 4 members (excludes halogenated alkanes) is 2. The molecule has 1 aliphatic rings. The van der Waals surface area contributed by atoms with E-state index in [0.717, 1.165) is 25.7 Å². The number of nitrogens with zero attached hydrogens (tertiary/aromatic N) is 1. The molecule has 3 amide bonds. The molecule has 1 fully saturated rings. The smallest absolute Gasteiger partial charge is 0.408 e. The Bertz CT molecular complexity index is 867. The summed E-state index contributed by atoms with van der Waals surface area (Å²) in [7, 11) is 0. The summed E-state index contributed by atoms with van der Waals surface area (Å²) in [5.74, 6) is 2.29. The molecule has 7 heteroatoms. The van der Waals surface area contributed by atoms with Gasteiger partial charge in [0, 0.05) is 18.2 Å². The van der Waals surface area contributed by atoms with Gasteiger partial charge in [-0.3, -0.25) is 9.59 Å². The molecule has 7 nitrogen and oxygen atoms in total. The van der Waals surface area contributed by atoms with Gasteiger partial charge in [-0.1, -0.05) is 44.7 Å². The summed E-state index contributed by atoms with van der Waals surface area (Å²) < 4.78 is 5.24. The molecule has 0 radical (unpaired) electrons. The summed E-state index contributed by atoms with van der Waals surface area (Å²) >= 11 is 0. The Morgan fingerprint density at radius 2 is 1.82 bits per heavy atom. The summed E-state index contributed by atoms with van der Waals surface area (Å²) in [4.78, 5) is 40.3. The number of alkyl carbamates (subject to hydrolysis) is 1. The van der Waals surface area contributed by atoms with E-state index in [2.05, 4.69) is 23.5 Å². The molecule has 2 N–H and O–H groups in total. The SMILES string of the molecule is C#Cc1ccc(C(C(=O)NCCCCC)N(C(=O)CNC(=O)OC(C)(C)C)C2CC2C)cc1. The highest BCUT2D eigenvalue weighted by Gasteiger charge is 2.46. The third-order valence-electron chi connectivity index (χ3n) is 5.49. The number of rotatable bonds is 10. The lowest BCUT2D eigenvalue weighted by Gasteiger charge is -2.32. The van der Waals surface area contributed by atoms with Crippen LogP contribution in [0.2, 0.25) is 0 Å². The Morgan fingerprint density at radius 3 is 2.33 bits per heavy atom. The fraction of sp³-hybridized carbons (Fsp3) is 0.577. The predicted octanol–water partition coefficient (Wildman–Crippen LogP) is 3.78. The van der Waals surface area contributed by atoms with Crippen LogP contribution in [0.5, 0.6) is 0 Å². The van der Waals surface area contributed by atoms with Crippen molar-refractivity contribution in [2.75, 3.05) is 13.1 Å². The van der Waals surface area contributed by atoms with Crippen LogP contribution in [-0.4, -0.2) is 47.5 Å². The Morgan fingerprint density at radius 1 is 1.18 bits per heavy atom. The fourth-order valence-electron chi connectivity index (χ4n) is 3.65. The minimum Gasteiger partial charge on any atom is -0.444 e. The van der Waals surface area contributed by atoms with E-state index in [1.807, 2.05) is 6.92 Å². The van der Waals surface area contributed by atoms with Gasteiger partial charge in [0.15, 0.2) is 0 Å². The van der Waals surface area contributed by atoms with E-state index in [0.29, 0.717) is 17.7 Å². The molecule has 33 heavy (non-hydrogen) atoms. The highest BCUT2D eigenvalue weighted by Crippen LogP contribution is 2.40. The Labute approximate surface area is 197 Å². The van der Waals surface area contributed by atoms with E-state index < -0.39 is 17.7 Å². The number of benzene rings is 1. The van der Waals surface area contributed by atoms with Gasteiger partial charge >= 0.3 is 6.09 Å². The fourth-order valence-corrected chi connectivity index (χ4v) is 3.65. The maximum Gasteiger partial charge on any atom is 0.408 e. The molecule has 1 aromatic carbocycles. The lowest BCUT2D eigenvalue weighted by Crippen LogP contribution is -2.49. The van der Waals surface area contributed by atoms with E-state index in [9.17, 15) is 14.4 Å². The van der Waals surface area contributed by atoms with E-state index >= 15 is 0 Å². The van der Waals surface area contributed by atoms with Crippen LogP contribution in [0.25, 0.3) is 0 Å². The monoisotopic (exact) mass is 455 g/mol. The number of hydrogen-bond donors (Lipinski definition) is 2. The van der Waals surface area contributed by atoms with Crippen LogP contribution in [0.3, 0.4) is 0 Å². The Balaban J connectivity index is 2.25. The van der Waals surface area contributed by atoms with Gasteiger partial charge in [0.25, 0.3) is 0 Å². The summed E-state index contributed by atoms with van der Waals surface area (Å²) in [6, 6.07) is 6.24. The van der Waals surface area contributed by atoms with E-state index in [1.165, 1.54) is 0 Å². The second kappa shape index (κ2) is 11.7. The summed E-state index contributed by atoms with van der Waals surface area (Å²) in [6.07, 6.45) is 8.56. The molecule has 3 atom stereocenters. The van der Waals surface area contributed by atoms with E-state index in [1.54, 1.807) is 49.9 Å². The molecule has 2 rings (SSSR count). The number of nitrogens with one attached hydrogen (secondary N) is 2. The lowest BCUT2D eigenvalue weighted by molar-refractivity contribution is -0.141.